The number of amides is 1. The number of rotatable bonds is 6. The first-order valence-electron chi connectivity index (χ1n) is 10.7. The topological polar surface area (TPSA) is 82.6 Å². The van der Waals surface area contributed by atoms with Crippen LogP contribution in [0.25, 0.3) is 0 Å². The van der Waals surface area contributed by atoms with Crippen LogP contribution >= 0.6 is 0 Å². The van der Waals surface area contributed by atoms with Gasteiger partial charge < -0.3 is 10.2 Å². The first-order valence-corrected chi connectivity index (χ1v) is 12.1. The first-order chi connectivity index (χ1) is 14.9. The van der Waals surface area contributed by atoms with Crippen molar-refractivity contribution in [2.75, 3.05) is 31.1 Å². The molecule has 2 fully saturated rings. The number of carbonyl (C=O) groups excluding carboxylic acids is 1. The second-order valence-electron chi connectivity index (χ2n) is 8.09. The summed E-state index contributed by atoms with van der Waals surface area (Å²) in [5.41, 5.74) is 0.969. The third-order valence-corrected chi connectivity index (χ3v) is 7.79. The fourth-order valence-corrected chi connectivity index (χ4v) is 5.68. The molecular weight excluding hydrogens is 419 g/mol. The van der Waals surface area contributed by atoms with Crippen LogP contribution in [0.4, 0.5) is 10.2 Å². The van der Waals surface area contributed by atoms with Crippen LogP contribution < -0.4 is 10.2 Å². The lowest BCUT2D eigenvalue weighted by Gasteiger charge is -2.31. The number of carbonyl (C=O) groups is 1. The molecule has 3 heterocycles. The molecule has 1 aromatic heterocycles. The number of nitrogens with one attached hydrogen (secondary N) is 1. The van der Waals surface area contributed by atoms with Gasteiger partial charge in [-0.3, -0.25) is 4.79 Å². The van der Waals surface area contributed by atoms with Crippen LogP contribution in [-0.2, 0) is 21.4 Å². The van der Waals surface area contributed by atoms with Crippen molar-refractivity contribution >= 4 is 21.7 Å². The Morgan fingerprint density at radius 3 is 2.58 bits per heavy atom. The highest BCUT2D eigenvalue weighted by Gasteiger charge is 2.33. The summed E-state index contributed by atoms with van der Waals surface area (Å²) in [6.07, 6.45) is 5.33. The molecule has 0 bridgehead atoms. The van der Waals surface area contributed by atoms with Crippen molar-refractivity contribution < 1.29 is 17.6 Å². The van der Waals surface area contributed by atoms with E-state index in [1.807, 2.05) is 12.1 Å². The highest BCUT2D eigenvalue weighted by molar-refractivity contribution is 7.89. The normalized spacial score (nSPS) is 20.0. The van der Waals surface area contributed by atoms with Gasteiger partial charge in [0, 0.05) is 38.9 Å². The van der Waals surface area contributed by atoms with Crippen LogP contribution in [0.3, 0.4) is 0 Å². The van der Waals surface area contributed by atoms with Gasteiger partial charge in [0.2, 0.25) is 15.9 Å². The zero-order valence-corrected chi connectivity index (χ0v) is 18.2. The zero-order valence-electron chi connectivity index (χ0n) is 17.3. The van der Waals surface area contributed by atoms with Gasteiger partial charge in [-0.15, -0.1) is 0 Å². The fourth-order valence-electron chi connectivity index (χ4n) is 4.15. The number of hydrogen-bond acceptors (Lipinski definition) is 5. The molecule has 0 spiro atoms. The third-order valence-electron chi connectivity index (χ3n) is 5.91. The largest absolute Gasteiger partial charge is 0.357 e. The summed E-state index contributed by atoms with van der Waals surface area (Å²) in [5, 5.41) is 2.95. The van der Waals surface area contributed by atoms with E-state index in [1.165, 1.54) is 29.3 Å². The second kappa shape index (κ2) is 9.32. The summed E-state index contributed by atoms with van der Waals surface area (Å²) in [6, 6.07) is 8.66. The third kappa shape index (κ3) is 5.04. The lowest BCUT2D eigenvalue weighted by atomic mass is 9.99. The fraction of sp³-hybridized carbons (Fsp3) is 0.455. The molecule has 2 aliphatic rings. The molecule has 2 aromatic rings. The van der Waals surface area contributed by atoms with Crippen LogP contribution in [0.1, 0.15) is 31.2 Å². The summed E-state index contributed by atoms with van der Waals surface area (Å²) in [5.74, 6) is -0.125. The molecule has 1 atom stereocenters. The quantitative estimate of drug-likeness (QED) is 0.737. The molecule has 2 saturated heterocycles. The molecule has 0 radical (unpaired) electrons. The minimum Gasteiger partial charge on any atom is -0.357 e. The first kappa shape index (κ1) is 21.7. The minimum atomic E-state index is -3.75. The maximum atomic E-state index is 13.2. The molecular formula is C22H27FN4O3S. The van der Waals surface area contributed by atoms with E-state index in [9.17, 15) is 17.6 Å². The predicted octanol–water partition coefficient (Wildman–Crippen LogP) is 2.54. The van der Waals surface area contributed by atoms with Crippen molar-refractivity contribution in [3.8, 4) is 0 Å². The Balaban J connectivity index is 1.37. The van der Waals surface area contributed by atoms with E-state index in [1.54, 1.807) is 6.20 Å². The van der Waals surface area contributed by atoms with Gasteiger partial charge in [-0.05, 0) is 67.6 Å². The van der Waals surface area contributed by atoms with Crippen molar-refractivity contribution in [2.45, 2.75) is 37.1 Å². The highest BCUT2D eigenvalue weighted by atomic mass is 32.2. The molecule has 1 N–H and O–H groups in total. The standard InChI is InChI=1S/C22H27FN4O3S/c23-19-5-7-20(8-6-19)31(29,30)27-13-3-4-18(16-27)22(28)25-15-17-9-10-24-21(14-17)26-11-1-2-12-26/h5-10,14,18H,1-4,11-13,15-16H2,(H,25,28)/t18-/m0/s1. The molecule has 2 aliphatic heterocycles. The smallest absolute Gasteiger partial charge is 0.243 e. The van der Waals surface area contributed by atoms with Gasteiger partial charge in [0.25, 0.3) is 0 Å². The number of halogens is 1. The lowest BCUT2D eigenvalue weighted by molar-refractivity contribution is -0.126. The highest BCUT2D eigenvalue weighted by Crippen LogP contribution is 2.24. The summed E-state index contributed by atoms with van der Waals surface area (Å²) >= 11 is 0. The van der Waals surface area contributed by atoms with Crippen molar-refractivity contribution in [1.29, 1.82) is 0 Å². The van der Waals surface area contributed by atoms with Gasteiger partial charge in [-0.1, -0.05) is 0 Å². The molecule has 9 heteroatoms. The van der Waals surface area contributed by atoms with Crippen LogP contribution in [0.15, 0.2) is 47.5 Å². The van der Waals surface area contributed by atoms with Crippen LogP contribution in [0.5, 0.6) is 0 Å². The van der Waals surface area contributed by atoms with Crippen LogP contribution in [-0.4, -0.2) is 49.8 Å². The molecule has 1 aromatic carbocycles. The number of pyridine rings is 1. The number of anilines is 1. The van der Waals surface area contributed by atoms with Gasteiger partial charge in [-0.2, -0.15) is 4.31 Å². The maximum Gasteiger partial charge on any atom is 0.243 e. The van der Waals surface area contributed by atoms with E-state index in [-0.39, 0.29) is 17.3 Å². The Hall–Kier alpha value is -2.52. The molecule has 0 unspecified atom stereocenters. The van der Waals surface area contributed by atoms with E-state index in [4.69, 9.17) is 0 Å². The van der Waals surface area contributed by atoms with E-state index in [0.29, 0.717) is 25.9 Å². The van der Waals surface area contributed by atoms with E-state index in [2.05, 4.69) is 15.2 Å². The predicted molar refractivity (Wildman–Crippen MR) is 115 cm³/mol. The lowest BCUT2D eigenvalue weighted by Crippen LogP contribution is -2.45. The van der Waals surface area contributed by atoms with E-state index in [0.717, 1.165) is 36.6 Å². The minimum absolute atomic E-state index is 0.0428. The molecule has 31 heavy (non-hydrogen) atoms. The molecule has 0 saturated carbocycles. The average Bonchev–Trinajstić information content (AvgIpc) is 3.33. The molecule has 0 aliphatic carbocycles. The van der Waals surface area contributed by atoms with E-state index < -0.39 is 21.8 Å². The van der Waals surface area contributed by atoms with Crippen molar-refractivity contribution in [3.63, 3.8) is 0 Å². The average molecular weight is 447 g/mol. The number of piperidine rings is 1. The summed E-state index contributed by atoms with van der Waals surface area (Å²) in [7, 11) is -3.75. The molecule has 4 rings (SSSR count). The maximum absolute atomic E-state index is 13.2. The van der Waals surface area contributed by atoms with E-state index >= 15 is 0 Å². The Labute approximate surface area is 182 Å². The number of hydrogen-bond donors (Lipinski definition) is 1. The van der Waals surface area contributed by atoms with Crippen LogP contribution in [0.2, 0.25) is 0 Å². The summed E-state index contributed by atoms with van der Waals surface area (Å²) in [6.45, 7) is 2.86. The summed E-state index contributed by atoms with van der Waals surface area (Å²) < 4.78 is 40.2. The number of nitrogens with zero attached hydrogens (tertiary/aromatic N) is 3. The van der Waals surface area contributed by atoms with Gasteiger partial charge in [0.05, 0.1) is 10.8 Å². The van der Waals surface area contributed by atoms with Crippen molar-refractivity contribution in [2.24, 2.45) is 5.92 Å². The van der Waals surface area contributed by atoms with Gasteiger partial charge in [0.15, 0.2) is 0 Å². The summed E-state index contributed by atoms with van der Waals surface area (Å²) in [4.78, 5) is 19.5. The van der Waals surface area contributed by atoms with Crippen molar-refractivity contribution in [1.82, 2.24) is 14.6 Å². The molecule has 166 valence electrons. The monoisotopic (exact) mass is 446 g/mol. The number of sulfonamides is 1. The van der Waals surface area contributed by atoms with Gasteiger partial charge >= 0.3 is 0 Å². The van der Waals surface area contributed by atoms with Crippen LogP contribution in [0, 0.1) is 11.7 Å². The molecule has 7 nitrogen and oxygen atoms in total. The molecule has 1 amide bonds. The van der Waals surface area contributed by atoms with Gasteiger partial charge in [-0.25, -0.2) is 17.8 Å². The van der Waals surface area contributed by atoms with Crippen molar-refractivity contribution in [3.05, 3.63) is 54.0 Å². The Morgan fingerprint density at radius 1 is 1.10 bits per heavy atom. The number of aromatic nitrogens is 1. The Kier molecular flexibility index (Phi) is 6.52. The van der Waals surface area contributed by atoms with Gasteiger partial charge in [0.1, 0.15) is 11.6 Å². The second-order valence-corrected chi connectivity index (χ2v) is 10.0. The Bertz CT molecular complexity index is 1020. The number of benzene rings is 1. The zero-order chi connectivity index (χ0) is 21.8. The SMILES string of the molecule is O=C(NCc1ccnc(N2CCCC2)c1)[C@H]1CCCN(S(=O)(=O)c2ccc(F)cc2)C1. The Morgan fingerprint density at radius 2 is 1.84 bits per heavy atom.